The van der Waals surface area contributed by atoms with Gasteiger partial charge in [0.25, 0.3) is 0 Å². The number of carbonyl (C=O) groups excluding carboxylic acids is 2. The average Bonchev–Trinajstić information content (AvgIpc) is 2.69. The topological polar surface area (TPSA) is 79.5 Å². The minimum absolute atomic E-state index is 0.0530. The molecule has 0 aliphatic heterocycles. The van der Waals surface area contributed by atoms with Gasteiger partial charge in [0.15, 0.2) is 5.11 Å². The van der Waals surface area contributed by atoms with E-state index in [-0.39, 0.29) is 16.9 Å². The lowest BCUT2D eigenvalue weighted by Gasteiger charge is -2.09. The maximum atomic E-state index is 12.0. The number of benzene rings is 2. The van der Waals surface area contributed by atoms with Crippen molar-refractivity contribution < 1.29 is 14.3 Å². The van der Waals surface area contributed by atoms with E-state index in [9.17, 15) is 9.59 Å². The van der Waals surface area contributed by atoms with Crippen LogP contribution in [0, 0.1) is 0 Å². The number of nitrogens with one attached hydrogen (secondary N) is 3. The minimum atomic E-state index is -0.331. The Morgan fingerprint density at radius 3 is 2.36 bits per heavy atom. The van der Waals surface area contributed by atoms with Crippen LogP contribution < -0.4 is 20.7 Å². The molecule has 0 spiro atoms. The zero-order chi connectivity index (χ0) is 20.4. The maximum Gasteiger partial charge on any atom is 0.250 e. The molecule has 0 aromatic heterocycles. The van der Waals surface area contributed by atoms with E-state index < -0.39 is 0 Å². The molecule has 7 heteroatoms. The van der Waals surface area contributed by atoms with Gasteiger partial charge in [-0.05, 0) is 60.6 Å². The third-order valence-corrected chi connectivity index (χ3v) is 3.91. The van der Waals surface area contributed by atoms with E-state index in [1.54, 1.807) is 25.3 Å². The fourth-order valence-electron chi connectivity index (χ4n) is 2.31. The van der Waals surface area contributed by atoms with Gasteiger partial charge in [-0.15, -0.1) is 0 Å². The van der Waals surface area contributed by atoms with Gasteiger partial charge in [-0.1, -0.05) is 24.3 Å². The molecule has 2 aromatic rings. The predicted molar refractivity (Wildman–Crippen MR) is 115 cm³/mol. The number of carbonyl (C=O) groups is 2. The standard InChI is InChI=1S/C21H23N3O3S/c1-3-27-18-11-6-15(7-12-18)8-13-19(25)24-21(28)23-17-9-4-16(5-10-17)14-20(26)22-2/h4-13H,3,14H2,1-2H3,(H,22,26)(H2,23,24,25,28)/b13-8+. The van der Waals surface area contributed by atoms with Crippen LogP contribution in [-0.2, 0) is 16.0 Å². The summed E-state index contributed by atoms with van der Waals surface area (Å²) in [5.41, 5.74) is 2.49. The highest BCUT2D eigenvalue weighted by atomic mass is 32.1. The van der Waals surface area contributed by atoms with Gasteiger partial charge in [-0.25, -0.2) is 0 Å². The normalized spacial score (nSPS) is 10.4. The highest BCUT2D eigenvalue weighted by Crippen LogP contribution is 2.13. The number of likely N-dealkylation sites (N-methyl/N-ethyl adjacent to an activating group) is 1. The lowest BCUT2D eigenvalue weighted by molar-refractivity contribution is -0.120. The Morgan fingerprint density at radius 2 is 1.75 bits per heavy atom. The Morgan fingerprint density at radius 1 is 1.07 bits per heavy atom. The first kappa shape index (κ1) is 21.1. The van der Waals surface area contributed by atoms with Crippen molar-refractivity contribution in [3.8, 4) is 5.75 Å². The Balaban J connectivity index is 1.83. The number of anilines is 1. The van der Waals surface area contributed by atoms with Gasteiger partial charge in [0.1, 0.15) is 5.75 Å². The van der Waals surface area contributed by atoms with Crippen LogP contribution in [0.5, 0.6) is 5.75 Å². The summed E-state index contributed by atoms with van der Waals surface area (Å²) in [6, 6.07) is 14.7. The van der Waals surface area contributed by atoms with Crippen molar-refractivity contribution in [2.45, 2.75) is 13.3 Å². The van der Waals surface area contributed by atoms with Crippen LogP contribution in [0.4, 0.5) is 5.69 Å². The molecular formula is C21H23N3O3S. The second-order valence-corrected chi connectivity index (χ2v) is 6.23. The van der Waals surface area contributed by atoms with Crippen LogP contribution in [0.3, 0.4) is 0 Å². The first-order valence-electron chi connectivity index (χ1n) is 8.82. The zero-order valence-corrected chi connectivity index (χ0v) is 16.6. The molecule has 0 aliphatic rings. The molecule has 0 bridgehead atoms. The molecule has 6 nitrogen and oxygen atoms in total. The summed E-state index contributed by atoms with van der Waals surface area (Å²) in [6.45, 7) is 2.53. The Labute approximate surface area is 170 Å². The van der Waals surface area contributed by atoms with Crippen molar-refractivity contribution >= 4 is 40.9 Å². The van der Waals surface area contributed by atoms with Crippen LogP contribution in [0.15, 0.2) is 54.6 Å². The van der Waals surface area contributed by atoms with Crippen molar-refractivity contribution in [2.24, 2.45) is 0 Å². The van der Waals surface area contributed by atoms with Crippen LogP contribution in [0.1, 0.15) is 18.1 Å². The lowest BCUT2D eigenvalue weighted by atomic mass is 10.1. The highest BCUT2D eigenvalue weighted by Gasteiger charge is 2.04. The van der Waals surface area contributed by atoms with Crippen molar-refractivity contribution in [2.75, 3.05) is 19.0 Å². The van der Waals surface area contributed by atoms with E-state index in [0.29, 0.717) is 13.0 Å². The van der Waals surface area contributed by atoms with E-state index in [0.717, 1.165) is 22.6 Å². The van der Waals surface area contributed by atoms with Crippen LogP contribution >= 0.6 is 12.2 Å². The second-order valence-electron chi connectivity index (χ2n) is 5.83. The molecule has 0 saturated carbocycles. The smallest absolute Gasteiger partial charge is 0.250 e. The van der Waals surface area contributed by atoms with Gasteiger partial charge in [-0.3, -0.25) is 14.9 Å². The molecule has 0 heterocycles. The molecule has 2 aromatic carbocycles. The number of amides is 2. The van der Waals surface area contributed by atoms with E-state index in [1.165, 1.54) is 6.08 Å². The first-order valence-corrected chi connectivity index (χ1v) is 9.23. The zero-order valence-electron chi connectivity index (χ0n) is 15.8. The molecule has 2 amide bonds. The summed E-state index contributed by atoms with van der Waals surface area (Å²) >= 11 is 5.15. The molecule has 28 heavy (non-hydrogen) atoms. The Bertz CT molecular complexity index is 846. The van der Waals surface area contributed by atoms with Crippen molar-refractivity contribution in [1.82, 2.24) is 10.6 Å². The van der Waals surface area contributed by atoms with E-state index >= 15 is 0 Å². The van der Waals surface area contributed by atoms with Gasteiger partial charge in [0, 0.05) is 18.8 Å². The van der Waals surface area contributed by atoms with E-state index in [4.69, 9.17) is 17.0 Å². The Hall–Kier alpha value is -3.19. The van der Waals surface area contributed by atoms with Crippen molar-refractivity contribution in [1.29, 1.82) is 0 Å². The second kappa shape index (κ2) is 10.8. The summed E-state index contributed by atoms with van der Waals surface area (Å²) in [6.07, 6.45) is 3.42. The van der Waals surface area contributed by atoms with Gasteiger partial charge >= 0.3 is 0 Å². The maximum absolute atomic E-state index is 12.0. The lowest BCUT2D eigenvalue weighted by Crippen LogP contribution is -2.32. The molecule has 0 aliphatic carbocycles. The highest BCUT2D eigenvalue weighted by molar-refractivity contribution is 7.80. The summed E-state index contributed by atoms with van der Waals surface area (Å²) in [5, 5.41) is 8.30. The number of hydrogen-bond acceptors (Lipinski definition) is 4. The number of hydrogen-bond donors (Lipinski definition) is 3. The monoisotopic (exact) mass is 397 g/mol. The molecule has 0 atom stereocenters. The molecule has 3 N–H and O–H groups in total. The summed E-state index contributed by atoms with van der Waals surface area (Å²) in [4.78, 5) is 23.4. The largest absolute Gasteiger partial charge is 0.494 e. The van der Waals surface area contributed by atoms with E-state index in [1.807, 2.05) is 43.3 Å². The van der Waals surface area contributed by atoms with Crippen molar-refractivity contribution in [3.63, 3.8) is 0 Å². The molecule has 0 radical (unpaired) electrons. The van der Waals surface area contributed by atoms with Crippen LogP contribution in [0.2, 0.25) is 0 Å². The molecule has 0 unspecified atom stereocenters. The summed E-state index contributed by atoms with van der Waals surface area (Å²) in [5.74, 6) is 0.404. The van der Waals surface area contributed by atoms with Gasteiger partial charge in [0.2, 0.25) is 11.8 Å². The van der Waals surface area contributed by atoms with Crippen LogP contribution in [0.25, 0.3) is 6.08 Å². The molecule has 0 fully saturated rings. The van der Waals surface area contributed by atoms with Crippen molar-refractivity contribution in [3.05, 3.63) is 65.7 Å². The van der Waals surface area contributed by atoms with E-state index in [2.05, 4.69) is 16.0 Å². The predicted octanol–water partition coefficient (Wildman–Crippen LogP) is 2.90. The van der Waals surface area contributed by atoms with Gasteiger partial charge in [-0.2, -0.15) is 0 Å². The molecule has 0 saturated heterocycles. The first-order chi connectivity index (χ1) is 13.5. The Kier molecular flexibility index (Phi) is 8.17. The van der Waals surface area contributed by atoms with Gasteiger partial charge < -0.3 is 15.4 Å². The third-order valence-electron chi connectivity index (χ3n) is 3.71. The summed E-state index contributed by atoms with van der Waals surface area (Å²) < 4.78 is 5.38. The molecular weight excluding hydrogens is 374 g/mol. The SMILES string of the molecule is CCOc1ccc(/C=C/C(=O)NC(=S)Nc2ccc(CC(=O)NC)cc2)cc1. The number of rotatable bonds is 7. The molecule has 2 rings (SSSR count). The number of ether oxygens (including phenoxy) is 1. The quantitative estimate of drug-likeness (QED) is 0.495. The average molecular weight is 398 g/mol. The fourth-order valence-corrected chi connectivity index (χ4v) is 2.53. The molecule has 146 valence electrons. The third kappa shape index (κ3) is 7.20. The van der Waals surface area contributed by atoms with Crippen LogP contribution in [-0.4, -0.2) is 30.6 Å². The summed E-state index contributed by atoms with van der Waals surface area (Å²) in [7, 11) is 1.60. The number of thiocarbonyl (C=S) groups is 1. The fraction of sp³-hybridized carbons (Fsp3) is 0.190. The van der Waals surface area contributed by atoms with Gasteiger partial charge in [0.05, 0.1) is 13.0 Å². The minimum Gasteiger partial charge on any atom is -0.494 e.